The molecule has 1 fully saturated rings. The number of aromatic nitrogens is 1. The van der Waals surface area contributed by atoms with E-state index in [1.807, 2.05) is 35.7 Å². The van der Waals surface area contributed by atoms with Crippen LogP contribution < -0.4 is 5.32 Å². The fraction of sp³-hybridized carbons (Fsp3) is 0.280. The number of fused-ring (bicyclic) bond motifs is 1. The molecule has 0 unspecified atom stereocenters. The van der Waals surface area contributed by atoms with Crippen LogP contribution in [0, 0.1) is 11.8 Å². The molecule has 176 valence electrons. The van der Waals surface area contributed by atoms with Crippen molar-refractivity contribution in [2.45, 2.75) is 25.2 Å². The number of carbonyl (C=O) groups excluding carboxylic acids is 1. The lowest BCUT2D eigenvalue weighted by Gasteiger charge is -2.34. The predicted molar refractivity (Wildman–Crippen MR) is 133 cm³/mol. The molecule has 7 nitrogen and oxygen atoms in total. The van der Waals surface area contributed by atoms with Gasteiger partial charge in [-0.1, -0.05) is 32.0 Å². The zero-order chi connectivity index (χ0) is 23.9. The van der Waals surface area contributed by atoms with Crippen LogP contribution >= 0.6 is 11.3 Å². The Kier molecular flexibility index (Phi) is 6.01. The fourth-order valence-corrected chi connectivity index (χ4v) is 6.83. The van der Waals surface area contributed by atoms with Crippen molar-refractivity contribution in [1.82, 2.24) is 9.29 Å². The summed E-state index contributed by atoms with van der Waals surface area (Å²) in [6.07, 6.45) is 1.03. The maximum Gasteiger partial charge on any atom is 0.257 e. The minimum Gasteiger partial charge on any atom is -0.454 e. The predicted octanol–water partition coefficient (Wildman–Crippen LogP) is 5.48. The first-order chi connectivity index (χ1) is 16.3. The van der Waals surface area contributed by atoms with Gasteiger partial charge in [0.05, 0.1) is 4.90 Å². The fourth-order valence-electron chi connectivity index (χ4n) is 4.45. The molecule has 2 atom stereocenters. The van der Waals surface area contributed by atoms with Gasteiger partial charge in [0.2, 0.25) is 10.0 Å². The van der Waals surface area contributed by atoms with Gasteiger partial charge < -0.3 is 4.42 Å². The molecule has 1 aliphatic heterocycles. The van der Waals surface area contributed by atoms with Crippen molar-refractivity contribution < 1.29 is 17.6 Å². The van der Waals surface area contributed by atoms with Crippen molar-refractivity contribution in [3.05, 3.63) is 65.5 Å². The molecule has 0 spiro atoms. The van der Waals surface area contributed by atoms with Crippen LogP contribution in [0.1, 0.15) is 30.6 Å². The maximum absolute atomic E-state index is 13.1. The van der Waals surface area contributed by atoms with Crippen LogP contribution in [0.25, 0.3) is 22.4 Å². The van der Waals surface area contributed by atoms with Crippen molar-refractivity contribution in [1.29, 1.82) is 0 Å². The summed E-state index contributed by atoms with van der Waals surface area (Å²) in [7, 11) is -3.59. The Balaban J connectivity index is 1.28. The molecule has 3 heterocycles. The number of benzene rings is 2. The molecular formula is C25H25N3O4S2. The van der Waals surface area contributed by atoms with Gasteiger partial charge in [-0.15, -0.1) is 11.3 Å². The molecule has 0 bridgehead atoms. The van der Waals surface area contributed by atoms with E-state index in [0.29, 0.717) is 47.1 Å². The average Bonchev–Trinajstić information content (AvgIpc) is 3.45. The van der Waals surface area contributed by atoms with Gasteiger partial charge in [0.25, 0.3) is 5.91 Å². The number of hydrogen-bond donors (Lipinski definition) is 1. The third-order valence-corrected chi connectivity index (χ3v) is 8.60. The van der Waals surface area contributed by atoms with Crippen LogP contribution in [0.2, 0.25) is 0 Å². The van der Waals surface area contributed by atoms with E-state index in [1.165, 1.54) is 35.6 Å². The molecule has 2 aromatic heterocycles. The summed E-state index contributed by atoms with van der Waals surface area (Å²) < 4.78 is 33.5. The number of para-hydroxylation sites is 1. The Morgan fingerprint density at radius 2 is 1.79 bits per heavy atom. The van der Waals surface area contributed by atoms with E-state index in [4.69, 9.17) is 4.42 Å². The molecule has 0 saturated carbocycles. The standard InChI is InChI=1S/C25H25N3O4S2/c1-16-11-17(2)14-28(13-16)34(30,31)20-9-7-18(8-10-20)24(29)27-25-26-21(15-33-25)23-12-19-5-3-4-6-22(19)32-23/h3-10,12,15-17H,11,13-14H2,1-2H3,(H,26,27,29)/t16-,17+. The number of carbonyl (C=O) groups is 1. The highest BCUT2D eigenvalue weighted by Gasteiger charge is 2.31. The molecular weight excluding hydrogens is 470 g/mol. The average molecular weight is 496 g/mol. The highest BCUT2D eigenvalue weighted by Crippen LogP contribution is 2.31. The van der Waals surface area contributed by atoms with Crippen LogP contribution in [0.15, 0.2) is 69.3 Å². The molecule has 1 amide bonds. The number of nitrogens with zero attached hydrogens (tertiary/aromatic N) is 2. The van der Waals surface area contributed by atoms with Crippen molar-refractivity contribution in [3.63, 3.8) is 0 Å². The number of nitrogens with one attached hydrogen (secondary N) is 1. The second-order valence-corrected chi connectivity index (χ2v) is 11.7. The third kappa shape index (κ3) is 4.51. The molecule has 0 radical (unpaired) electrons. The number of rotatable bonds is 5. The summed E-state index contributed by atoms with van der Waals surface area (Å²) in [6, 6.07) is 15.7. The van der Waals surface area contributed by atoms with E-state index >= 15 is 0 Å². The third-order valence-electron chi connectivity index (χ3n) is 5.99. The Bertz CT molecular complexity index is 1400. The summed E-state index contributed by atoms with van der Waals surface area (Å²) in [5.41, 5.74) is 1.78. The highest BCUT2D eigenvalue weighted by molar-refractivity contribution is 7.89. The van der Waals surface area contributed by atoms with Gasteiger partial charge >= 0.3 is 0 Å². The Labute approximate surface area is 202 Å². The number of furan rings is 1. The van der Waals surface area contributed by atoms with Gasteiger partial charge in [0, 0.05) is 29.4 Å². The van der Waals surface area contributed by atoms with Gasteiger partial charge in [-0.3, -0.25) is 10.1 Å². The minimum absolute atomic E-state index is 0.201. The lowest BCUT2D eigenvalue weighted by Crippen LogP contribution is -2.42. The topological polar surface area (TPSA) is 92.5 Å². The second kappa shape index (κ2) is 8.98. The van der Waals surface area contributed by atoms with Crippen LogP contribution in [0.5, 0.6) is 0 Å². The first-order valence-electron chi connectivity index (χ1n) is 11.2. The summed E-state index contributed by atoms with van der Waals surface area (Å²) in [5, 5.41) is 6.03. The Morgan fingerprint density at radius 3 is 2.50 bits per heavy atom. The van der Waals surface area contributed by atoms with Crippen molar-refractivity contribution in [3.8, 4) is 11.5 Å². The number of thiazole rings is 1. The van der Waals surface area contributed by atoms with E-state index in [-0.39, 0.29) is 10.8 Å². The molecule has 2 aromatic carbocycles. The first kappa shape index (κ1) is 22.8. The molecule has 1 N–H and O–H groups in total. The molecule has 5 rings (SSSR count). The van der Waals surface area contributed by atoms with Crippen LogP contribution in [0.3, 0.4) is 0 Å². The number of hydrogen-bond acceptors (Lipinski definition) is 6. The number of anilines is 1. The summed E-state index contributed by atoms with van der Waals surface area (Å²) >= 11 is 1.30. The van der Waals surface area contributed by atoms with Crippen LogP contribution in [-0.4, -0.2) is 36.7 Å². The van der Waals surface area contributed by atoms with E-state index in [2.05, 4.69) is 24.1 Å². The van der Waals surface area contributed by atoms with Gasteiger partial charge in [0.15, 0.2) is 10.9 Å². The largest absolute Gasteiger partial charge is 0.454 e. The van der Waals surface area contributed by atoms with E-state index in [0.717, 1.165) is 17.4 Å². The summed E-state index contributed by atoms with van der Waals surface area (Å²) in [5.74, 6) is 0.932. The lowest BCUT2D eigenvalue weighted by atomic mass is 9.94. The number of piperidine rings is 1. The Morgan fingerprint density at radius 1 is 1.09 bits per heavy atom. The molecule has 1 saturated heterocycles. The maximum atomic E-state index is 13.1. The monoisotopic (exact) mass is 495 g/mol. The van der Waals surface area contributed by atoms with Crippen molar-refractivity contribution in [2.75, 3.05) is 18.4 Å². The molecule has 9 heteroatoms. The molecule has 1 aliphatic rings. The van der Waals surface area contributed by atoms with Crippen molar-refractivity contribution in [2.24, 2.45) is 11.8 Å². The number of amides is 1. The van der Waals surface area contributed by atoms with E-state index in [9.17, 15) is 13.2 Å². The van der Waals surface area contributed by atoms with Crippen LogP contribution in [0.4, 0.5) is 5.13 Å². The van der Waals surface area contributed by atoms with Crippen LogP contribution in [-0.2, 0) is 10.0 Å². The molecule has 4 aromatic rings. The van der Waals surface area contributed by atoms with Gasteiger partial charge in [0.1, 0.15) is 11.3 Å². The van der Waals surface area contributed by atoms with E-state index < -0.39 is 10.0 Å². The van der Waals surface area contributed by atoms with Gasteiger partial charge in [-0.25, -0.2) is 13.4 Å². The SMILES string of the molecule is C[C@@H]1C[C@H](C)CN(S(=O)(=O)c2ccc(C(=O)Nc3nc(-c4cc5ccccc5o4)cs3)cc2)C1. The van der Waals surface area contributed by atoms with E-state index in [1.54, 1.807) is 4.31 Å². The summed E-state index contributed by atoms with van der Waals surface area (Å²) in [6.45, 7) is 5.19. The Hall–Kier alpha value is -3.01. The first-order valence-corrected chi connectivity index (χ1v) is 13.5. The molecule has 34 heavy (non-hydrogen) atoms. The zero-order valence-corrected chi connectivity index (χ0v) is 20.5. The lowest BCUT2D eigenvalue weighted by molar-refractivity contribution is 0.102. The van der Waals surface area contributed by atoms with Gasteiger partial charge in [-0.2, -0.15) is 4.31 Å². The van der Waals surface area contributed by atoms with Gasteiger partial charge in [-0.05, 0) is 54.7 Å². The number of sulfonamides is 1. The zero-order valence-electron chi connectivity index (χ0n) is 18.9. The highest BCUT2D eigenvalue weighted by atomic mass is 32.2. The normalized spacial score (nSPS) is 19.4. The smallest absolute Gasteiger partial charge is 0.257 e. The quantitative estimate of drug-likeness (QED) is 0.396. The minimum atomic E-state index is -3.59. The second-order valence-electron chi connectivity index (χ2n) is 8.93. The van der Waals surface area contributed by atoms with Crippen molar-refractivity contribution >= 4 is 43.4 Å². The summed E-state index contributed by atoms with van der Waals surface area (Å²) in [4.78, 5) is 17.4. The molecule has 0 aliphatic carbocycles.